The Morgan fingerprint density at radius 3 is 2.87 bits per heavy atom. The number of nitrogens with one attached hydrogen (secondary N) is 1. The Morgan fingerprint density at radius 1 is 1.39 bits per heavy atom. The Morgan fingerprint density at radius 2 is 2.17 bits per heavy atom. The van der Waals surface area contributed by atoms with Crippen LogP contribution in [0.1, 0.15) is 5.69 Å². The summed E-state index contributed by atoms with van der Waals surface area (Å²) in [5.41, 5.74) is 1.43. The Hall–Kier alpha value is -1.51. The minimum Gasteiger partial charge on any atom is -0.380 e. The van der Waals surface area contributed by atoms with Crippen molar-refractivity contribution in [1.82, 2.24) is 9.29 Å². The molecule has 0 unspecified atom stereocenters. The predicted molar refractivity (Wildman–Crippen MR) is 85.3 cm³/mol. The summed E-state index contributed by atoms with van der Waals surface area (Å²) < 4.78 is 30.5. The van der Waals surface area contributed by atoms with E-state index in [0.29, 0.717) is 32.0 Å². The molecule has 2 saturated heterocycles. The number of carbonyl (C=O) groups is 1. The van der Waals surface area contributed by atoms with Gasteiger partial charge in [0.2, 0.25) is 15.9 Å². The highest BCUT2D eigenvalue weighted by Crippen LogP contribution is 2.35. The summed E-state index contributed by atoms with van der Waals surface area (Å²) in [6, 6.07) is 3.57. The summed E-state index contributed by atoms with van der Waals surface area (Å²) in [4.78, 5) is 16.8. The van der Waals surface area contributed by atoms with Gasteiger partial charge in [-0.15, -0.1) is 0 Å². The van der Waals surface area contributed by atoms with Crippen molar-refractivity contribution in [1.29, 1.82) is 0 Å². The van der Waals surface area contributed by atoms with Crippen molar-refractivity contribution in [3.63, 3.8) is 0 Å². The van der Waals surface area contributed by atoms with E-state index in [4.69, 9.17) is 4.74 Å². The Labute approximate surface area is 136 Å². The fraction of sp³-hybridized carbons (Fsp3) is 0.600. The summed E-state index contributed by atoms with van der Waals surface area (Å²) in [7, 11) is -3.24. The number of pyridine rings is 1. The number of sulfonamides is 1. The van der Waals surface area contributed by atoms with Gasteiger partial charge in [0.25, 0.3) is 0 Å². The van der Waals surface area contributed by atoms with Crippen LogP contribution in [-0.2, 0) is 19.6 Å². The third kappa shape index (κ3) is 3.39. The fourth-order valence-corrected chi connectivity index (χ4v) is 4.25. The van der Waals surface area contributed by atoms with Crippen molar-refractivity contribution >= 4 is 21.6 Å². The minimum atomic E-state index is -3.24. The number of carbonyl (C=O) groups excluding carboxylic acids is 1. The Bertz CT molecular complexity index is 706. The van der Waals surface area contributed by atoms with Crippen molar-refractivity contribution in [3.8, 4) is 0 Å². The second-order valence-corrected chi connectivity index (χ2v) is 8.26. The third-order valence-electron chi connectivity index (χ3n) is 4.67. The van der Waals surface area contributed by atoms with Gasteiger partial charge in [-0.25, -0.2) is 12.7 Å². The molecule has 2 aliphatic heterocycles. The van der Waals surface area contributed by atoms with E-state index in [-0.39, 0.29) is 23.7 Å². The van der Waals surface area contributed by atoms with Gasteiger partial charge in [-0.3, -0.25) is 9.78 Å². The molecule has 1 aromatic rings. The van der Waals surface area contributed by atoms with Crippen molar-refractivity contribution in [2.75, 3.05) is 37.9 Å². The molecule has 0 bridgehead atoms. The number of nitrogens with zero attached hydrogens (tertiary/aromatic N) is 2. The number of aromatic nitrogens is 1. The fourth-order valence-electron chi connectivity index (χ4n) is 3.34. The molecule has 23 heavy (non-hydrogen) atoms. The molecule has 0 spiro atoms. The lowest BCUT2D eigenvalue weighted by atomic mass is 9.82. The average molecular weight is 339 g/mol. The van der Waals surface area contributed by atoms with Crippen molar-refractivity contribution in [3.05, 3.63) is 24.0 Å². The number of hydrogen-bond donors (Lipinski definition) is 1. The summed E-state index contributed by atoms with van der Waals surface area (Å²) in [5, 5.41) is 2.90. The second kappa shape index (κ2) is 6.18. The molecule has 1 aromatic heterocycles. The zero-order chi connectivity index (χ0) is 16.6. The van der Waals surface area contributed by atoms with Crippen molar-refractivity contribution < 1.29 is 17.9 Å². The molecule has 3 rings (SSSR count). The molecule has 3 atom stereocenters. The highest BCUT2D eigenvalue weighted by atomic mass is 32.2. The number of ether oxygens (including phenoxy) is 1. The van der Waals surface area contributed by atoms with Crippen LogP contribution >= 0.6 is 0 Å². The van der Waals surface area contributed by atoms with E-state index in [9.17, 15) is 13.2 Å². The van der Waals surface area contributed by atoms with E-state index in [1.807, 2.05) is 6.92 Å². The zero-order valence-electron chi connectivity index (χ0n) is 13.2. The topological polar surface area (TPSA) is 88.6 Å². The highest BCUT2D eigenvalue weighted by molar-refractivity contribution is 7.88. The summed E-state index contributed by atoms with van der Waals surface area (Å²) in [6.07, 6.45) is 2.88. The van der Waals surface area contributed by atoms with Crippen LogP contribution in [0.15, 0.2) is 18.3 Å². The molecule has 2 aliphatic rings. The highest BCUT2D eigenvalue weighted by Gasteiger charge is 2.46. The van der Waals surface area contributed by atoms with Gasteiger partial charge >= 0.3 is 0 Å². The van der Waals surface area contributed by atoms with Crippen LogP contribution in [0.4, 0.5) is 5.69 Å². The summed E-state index contributed by atoms with van der Waals surface area (Å²) in [6.45, 7) is 3.48. The lowest BCUT2D eigenvalue weighted by Crippen LogP contribution is -2.42. The number of anilines is 1. The molecule has 8 heteroatoms. The van der Waals surface area contributed by atoms with Gasteiger partial charge in [-0.1, -0.05) is 0 Å². The predicted octanol–water partition coefficient (Wildman–Crippen LogP) is 0.483. The van der Waals surface area contributed by atoms with Crippen LogP contribution < -0.4 is 5.32 Å². The first-order valence-electron chi connectivity index (χ1n) is 7.61. The molecule has 1 N–H and O–H groups in total. The van der Waals surface area contributed by atoms with Crippen LogP contribution in [-0.4, -0.2) is 56.2 Å². The first-order valence-corrected chi connectivity index (χ1v) is 9.46. The van der Waals surface area contributed by atoms with Gasteiger partial charge in [0.05, 0.1) is 36.8 Å². The maximum Gasteiger partial charge on any atom is 0.230 e. The van der Waals surface area contributed by atoms with Gasteiger partial charge in [0.1, 0.15) is 0 Å². The number of hydrogen-bond acceptors (Lipinski definition) is 5. The largest absolute Gasteiger partial charge is 0.380 e. The SMILES string of the molecule is Cc1ncccc1NC(=O)[C@H]1COC[C@H]2CN(S(C)(=O)=O)C[C@H]21. The zero-order valence-corrected chi connectivity index (χ0v) is 14.0. The van der Waals surface area contributed by atoms with E-state index in [1.54, 1.807) is 18.3 Å². The van der Waals surface area contributed by atoms with E-state index in [0.717, 1.165) is 5.69 Å². The molecule has 0 saturated carbocycles. The molecule has 126 valence electrons. The molecular formula is C15H21N3O4S. The van der Waals surface area contributed by atoms with Crippen molar-refractivity contribution in [2.24, 2.45) is 17.8 Å². The summed E-state index contributed by atoms with van der Waals surface area (Å²) in [5.74, 6) is -0.411. The quantitative estimate of drug-likeness (QED) is 0.865. The summed E-state index contributed by atoms with van der Waals surface area (Å²) >= 11 is 0. The van der Waals surface area contributed by atoms with Gasteiger partial charge in [-0.05, 0) is 25.0 Å². The van der Waals surface area contributed by atoms with Crippen LogP contribution in [0.5, 0.6) is 0 Å². The molecule has 2 fully saturated rings. The van der Waals surface area contributed by atoms with Gasteiger partial charge < -0.3 is 10.1 Å². The van der Waals surface area contributed by atoms with Crippen LogP contribution in [0.2, 0.25) is 0 Å². The van der Waals surface area contributed by atoms with Gasteiger partial charge in [0, 0.05) is 25.2 Å². The number of aryl methyl sites for hydroxylation is 1. The lowest BCUT2D eigenvalue weighted by Gasteiger charge is -2.32. The Balaban J connectivity index is 1.74. The van der Waals surface area contributed by atoms with Crippen LogP contribution in [0.25, 0.3) is 0 Å². The average Bonchev–Trinajstić information content (AvgIpc) is 2.93. The number of rotatable bonds is 3. The van der Waals surface area contributed by atoms with Gasteiger partial charge in [-0.2, -0.15) is 0 Å². The lowest BCUT2D eigenvalue weighted by molar-refractivity contribution is -0.128. The number of amides is 1. The molecule has 0 aromatic carbocycles. The van der Waals surface area contributed by atoms with Crippen molar-refractivity contribution in [2.45, 2.75) is 6.92 Å². The van der Waals surface area contributed by atoms with E-state index in [1.165, 1.54) is 10.6 Å². The molecule has 0 radical (unpaired) electrons. The first kappa shape index (κ1) is 16.4. The van der Waals surface area contributed by atoms with Gasteiger partial charge in [0.15, 0.2) is 0 Å². The molecule has 0 aliphatic carbocycles. The maximum absolute atomic E-state index is 12.6. The maximum atomic E-state index is 12.6. The number of fused-ring (bicyclic) bond motifs is 1. The molecular weight excluding hydrogens is 318 g/mol. The van der Waals surface area contributed by atoms with E-state index < -0.39 is 10.0 Å². The molecule has 1 amide bonds. The van der Waals surface area contributed by atoms with Crippen LogP contribution in [0.3, 0.4) is 0 Å². The molecule has 7 nitrogen and oxygen atoms in total. The smallest absolute Gasteiger partial charge is 0.230 e. The normalized spacial score (nSPS) is 28.3. The first-order chi connectivity index (χ1) is 10.9. The monoisotopic (exact) mass is 339 g/mol. The molecule has 3 heterocycles. The Kier molecular flexibility index (Phi) is 4.39. The second-order valence-electron chi connectivity index (χ2n) is 6.27. The standard InChI is InChI=1S/C15H21N3O4S/c1-10-14(4-3-5-16-10)17-15(19)13-9-22-8-11-6-18(7-12(11)13)23(2,20)21/h3-5,11-13H,6-9H2,1-2H3,(H,17,19)/t11-,12-,13+/m1/s1. The third-order valence-corrected chi connectivity index (χ3v) is 5.91. The minimum absolute atomic E-state index is 0.00421. The van der Waals surface area contributed by atoms with E-state index in [2.05, 4.69) is 10.3 Å². The van der Waals surface area contributed by atoms with E-state index >= 15 is 0 Å². The van der Waals surface area contributed by atoms with Crippen LogP contribution in [0, 0.1) is 24.7 Å².